The van der Waals surface area contributed by atoms with Gasteiger partial charge in [0.25, 0.3) is 0 Å². The van der Waals surface area contributed by atoms with Gasteiger partial charge in [0, 0.05) is 32.1 Å². The summed E-state index contributed by atoms with van der Waals surface area (Å²) in [4.78, 5) is 23.2. The minimum Gasteiger partial charge on any atom is -0.458 e. The van der Waals surface area contributed by atoms with Gasteiger partial charge < -0.3 is 9.64 Å². The van der Waals surface area contributed by atoms with Crippen molar-refractivity contribution < 1.29 is 9.53 Å². The number of hydrogen-bond acceptors (Lipinski definition) is 6. The van der Waals surface area contributed by atoms with Crippen LogP contribution in [-0.4, -0.2) is 35.1 Å². The van der Waals surface area contributed by atoms with Crippen LogP contribution in [0.3, 0.4) is 0 Å². The van der Waals surface area contributed by atoms with Crippen LogP contribution in [0, 0.1) is 6.92 Å². The number of hydrogen-bond donors (Lipinski definition) is 0. The summed E-state index contributed by atoms with van der Waals surface area (Å²) in [6.45, 7) is 3.50. The van der Waals surface area contributed by atoms with Crippen LogP contribution in [0.4, 0.5) is 5.82 Å². The van der Waals surface area contributed by atoms with Crippen molar-refractivity contribution in [3.05, 3.63) is 39.4 Å². The van der Waals surface area contributed by atoms with E-state index in [0.717, 1.165) is 36.8 Å². The normalized spacial score (nSPS) is 15.8. The maximum absolute atomic E-state index is 12.0. The van der Waals surface area contributed by atoms with Gasteiger partial charge in [-0.1, -0.05) is 11.6 Å². The van der Waals surface area contributed by atoms with E-state index in [0.29, 0.717) is 9.90 Å². The molecule has 1 saturated heterocycles. The Morgan fingerprint density at radius 3 is 2.68 bits per heavy atom. The third-order valence-electron chi connectivity index (χ3n) is 3.57. The summed E-state index contributed by atoms with van der Waals surface area (Å²) in [6.07, 6.45) is 4.78. The lowest BCUT2D eigenvalue weighted by Gasteiger charge is -2.32. The number of aryl methyl sites for hydroxylation is 1. The third-order valence-corrected chi connectivity index (χ3v) is 4.69. The number of aromatic nitrogens is 2. The lowest BCUT2D eigenvalue weighted by Crippen LogP contribution is -2.38. The van der Waals surface area contributed by atoms with Crippen LogP contribution in [0.2, 0.25) is 5.02 Å². The maximum Gasteiger partial charge on any atom is 0.350 e. The van der Waals surface area contributed by atoms with Crippen molar-refractivity contribution in [3.8, 4) is 0 Å². The molecule has 3 rings (SSSR count). The van der Waals surface area contributed by atoms with E-state index in [4.69, 9.17) is 16.3 Å². The molecule has 0 amide bonds. The molecule has 1 aliphatic heterocycles. The second-order valence-electron chi connectivity index (χ2n) is 5.17. The number of halogens is 1. The molecule has 7 heteroatoms. The van der Waals surface area contributed by atoms with Gasteiger partial charge in [0.15, 0.2) is 0 Å². The standard InChI is InChI=1S/C15H16ClN3O2S/c1-10-17-9-13(22-10)15(20)21-12-4-6-19(7-5-12)14-3-2-11(16)8-18-14/h2-3,8-9,12H,4-7H2,1H3. The van der Waals surface area contributed by atoms with Crippen LogP contribution in [0.5, 0.6) is 0 Å². The van der Waals surface area contributed by atoms with Gasteiger partial charge in [-0.25, -0.2) is 14.8 Å². The number of thiazole rings is 1. The molecule has 0 radical (unpaired) electrons. The molecule has 0 spiro atoms. The number of piperidine rings is 1. The topological polar surface area (TPSA) is 55.3 Å². The SMILES string of the molecule is Cc1ncc(C(=O)OC2CCN(c3ccc(Cl)cn3)CC2)s1. The Morgan fingerprint density at radius 2 is 2.09 bits per heavy atom. The predicted molar refractivity (Wildman–Crippen MR) is 86.7 cm³/mol. The fourth-order valence-corrected chi connectivity index (χ4v) is 3.20. The molecule has 2 aromatic rings. The van der Waals surface area contributed by atoms with E-state index in [1.165, 1.54) is 11.3 Å². The number of rotatable bonds is 3. The molecule has 1 aliphatic rings. The van der Waals surface area contributed by atoms with Crippen molar-refractivity contribution in [3.63, 3.8) is 0 Å². The zero-order valence-electron chi connectivity index (χ0n) is 12.2. The van der Waals surface area contributed by atoms with Crippen LogP contribution in [0.1, 0.15) is 27.5 Å². The van der Waals surface area contributed by atoms with Crippen molar-refractivity contribution in [1.82, 2.24) is 9.97 Å². The Balaban J connectivity index is 1.53. The molecule has 1 fully saturated rings. The summed E-state index contributed by atoms with van der Waals surface area (Å²) >= 11 is 7.21. The average Bonchev–Trinajstić information content (AvgIpc) is 2.96. The van der Waals surface area contributed by atoms with Gasteiger partial charge in [0.2, 0.25) is 0 Å². The molecule has 5 nitrogen and oxygen atoms in total. The van der Waals surface area contributed by atoms with Crippen molar-refractivity contribution in [2.75, 3.05) is 18.0 Å². The Labute approximate surface area is 137 Å². The van der Waals surface area contributed by atoms with Gasteiger partial charge in [-0.3, -0.25) is 0 Å². The van der Waals surface area contributed by atoms with Gasteiger partial charge in [-0.2, -0.15) is 0 Å². The first-order valence-electron chi connectivity index (χ1n) is 7.12. The number of nitrogens with zero attached hydrogens (tertiary/aromatic N) is 3. The fourth-order valence-electron chi connectivity index (χ4n) is 2.42. The molecular weight excluding hydrogens is 322 g/mol. The third kappa shape index (κ3) is 3.56. The number of ether oxygens (including phenoxy) is 1. The van der Waals surface area contributed by atoms with Gasteiger partial charge in [-0.15, -0.1) is 11.3 Å². The van der Waals surface area contributed by atoms with Crippen LogP contribution >= 0.6 is 22.9 Å². The number of carbonyl (C=O) groups is 1. The van der Waals surface area contributed by atoms with Gasteiger partial charge in [0.05, 0.1) is 16.2 Å². The Bertz CT molecular complexity index is 651. The lowest BCUT2D eigenvalue weighted by molar-refractivity contribution is 0.0250. The highest BCUT2D eigenvalue weighted by molar-refractivity contribution is 7.13. The zero-order valence-corrected chi connectivity index (χ0v) is 13.7. The summed E-state index contributed by atoms with van der Waals surface area (Å²) in [7, 11) is 0. The summed E-state index contributed by atoms with van der Waals surface area (Å²) in [5.74, 6) is 0.640. The van der Waals surface area contributed by atoms with Crippen LogP contribution in [0.15, 0.2) is 24.5 Å². The van der Waals surface area contributed by atoms with E-state index in [1.807, 2.05) is 19.1 Å². The molecule has 0 N–H and O–H groups in total. The molecule has 0 aromatic carbocycles. The Morgan fingerprint density at radius 1 is 1.32 bits per heavy atom. The molecule has 0 unspecified atom stereocenters. The first-order chi connectivity index (χ1) is 10.6. The number of esters is 1. The first-order valence-corrected chi connectivity index (χ1v) is 8.31. The minimum absolute atomic E-state index is 0.0431. The molecule has 3 heterocycles. The number of carbonyl (C=O) groups excluding carboxylic acids is 1. The van der Waals surface area contributed by atoms with Crippen molar-refractivity contribution in [2.45, 2.75) is 25.9 Å². The van der Waals surface area contributed by atoms with Crippen LogP contribution in [-0.2, 0) is 4.74 Å². The van der Waals surface area contributed by atoms with E-state index in [9.17, 15) is 4.79 Å². The van der Waals surface area contributed by atoms with Crippen LogP contribution in [0.25, 0.3) is 0 Å². The smallest absolute Gasteiger partial charge is 0.350 e. The van der Waals surface area contributed by atoms with Crippen LogP contribution < -0.4 is 4.90 Å². The minimum atomic E-state index is -0.270. The fraction of sp³-hybridized carbons (Fsp3) is 0.400. The first kappa shape index (κ1) is 15.2. The van der Waals surface area contributed by atoms with E-state index in [-0.39, 0.29) is 12.1 Å². The van der Waals surface area contributed by atoms with E-state index < -0.39 is 0 Å². The Hall–Kier alpha value is -1.66. The summed E-state index contributed by atoms with van der Waals surface area (Å²) in [5, 5.41) is 1.50. The van der Waals surface area contributed by atoms with Crippen molar-refractivity contribution in [1.29, 1.82) is 0 Å². The number of pyridine rings is 1. The predicted octanol–water partition coefficient (Wildman–Crippen LogP) is 3.33. The second kappa shape index (κ2) is 6.62. The highest BCUT2D eigenvalue weighted by Crippen LogP contribution is 2.22. The monoisotopic (exact) mass is 337 g/mol. The maximum atomic E-state index is 12.0. The second-order valence-corrected chi connectivity index (χ2v) is 6.84. The quantitative estimate of drug-likeness (QED) is 0.804. The largest absolute Gasteiger partial charge is 0.458 e. The lowest BCUT2D eigenvalue weighted by atomic mass is 10.1. The van der Waals surface area contributed by atoms with Gasteiger partial charge >= 0.3 is 5.97 Å². The van der Waals surface area contributed by atoms with Crippen molar-refractivity contribution >= 4 is 34.7 Å². The zero-order chi connectivity index (χ0) is 15.5. The Kier molecular flexibility index (Phi) is 4.59. The summed E-state index contributed by atoms with van der Waals surface area (Å²) in [6, 6.07) is 3.75. The van der Waals surface area contributed by atoms with E-state index in [1.54, 1.807) is 12.4 Å². The highest BCUT2D eigenvalue weighted by atomic mass is 35.5. The van der Waals surface area contributed by atoms with Crippen molar-refractivity contribution in [2.24, 2.45) is 0 Å². The summed E-state index contributed by atoms with van der Waals surface area (Å²) < 4.78 is 5.56. The molecule has 22 heavy (non-hydrogen) atoms. The molecule has 2 aromatic heterocycles. The van der Waals surface area contributed by atoms with Gasteiger partial charge in [-0.05, 0) is 19.1 Å². The van der Waals surface area contributed by atoms with E-state index in [2.05, 4.69) is 14.9 Å². The van der Waals surface area contributed by atoms with E-state index >= 15 is 0 Å². The molecule has 0 bridgehead atoms. The number of anilines is 1. The molecular formula is C15H16ClN3O2S. The molecule has 116 valence electrons. The average molecular weight is 338 g/mol. The molecule has 0 aliphatic carbocycles. The highest BCUT2D eigenvalue weighted by Gasteiger charge is 2.24. The molecule has 0 atom stereocenters. The summed E-state index contributed by atoms with van der Waals surface area (Å²) in [5.41, 5.74) is 0. The van der Waals surface area contributed by atoms with Gasteiger partial charge in [0.1, 0.15) is 16.8 Å². The molecule has 0 saturated carbocycles.